The van der Waals surface area contributed by atoms with Gasteiger partial charge in [0.25, 0.3) is 5.91 Å². The number of hydrazine groups is 1. The molecule has 8 heteroatoms. The Morgan fingerprint density at radius 1 is 1.23 bits per heavy atom. The average molecular weight is 369 g/mol. The number of nitrogens with zero attached hydrogens (tertiary/aromatic N) is 1. The van der Waals surface area contributed by atoms with Crippen LogP contribution in [0.5, 0.6) is 0 Å². The predicted octanol–water partition coefficient (Wildman–Crippen LogP) is 1.00. The number of nitrogens with two attached hydrogens (primary N) is 1. The summed E-state index contributed by atoms with van der Waals surface area (Å²) in [4.78, 5) is 36.6. The van der Waals surface area contributed by atoms with Crippen LogP contribution in [-0.4, -0.2) is 35.8 Å². The van der Waals surface area contributed by atoms with Crippen molar-refractivity contribution in [2.45, 2.75) is 12.8 Å². The summed E-state index contributed by atoms with van der Waals surface area (Å²) in [6.45, 7) is 0.828. The number of primary amides is 1. The van der Waals surface area contributed by atoms with Gasteiger partial charge in [0.2, 0.25) is 5.91 Å². The summed E-state index contributed by atoms with van der Waals surface area (Å²) in [6, 6.07) is 6.37. The third kappa shape index (κ3) is 3.97. The zero-order chi connectivity index (χ0) is 16.1. The van der Waals surface area contributed by atoms with Crippen LogP contribution < -0.4 is 16.6 Å². The first-order valence-electron chi connectivity index (χ1n) is 6.88. The smallest absolute Gasteiger partial charge is 0.314 e. The Hall–Kier alpha value is -2.09. The molecule has 2 rings (SSSR count). The van der Waals surface area contributed by atoms with Crippen molar-refractivity contribution >= 4 is 33.8 Å². The molecule has 0 radical (unpaired) electrons. The number of hydrogen-bond acceptors (Lipinski definition) is 3. The molecule has 0 aliphatic carbocycles. The van der Waals surface area contributed by atoms with Crippen LogP contribution in [0, 0.1) is 5.92 Å². The summed E-state index contributed by atoms with van der Waals surface area (Å²) in [6.07, 6.45) is 1.36. The largest absolute Gasteiger partial charge is 0.351 e. The third-order valence-electron chi connectivity index (χ3n) is 3.52. The van der Waals surface area contributed by atoms with Crippen LogP contribution in [0.2, 0.25) is 0 Å². The molecular weight excluding hydrogens is 352 g/mol. The van der Waals surface area contributed by atoms with Gasteiger partial charge in [0.1, 0.15) is 0 Å². The summed E-state index contributed by atoms with van der Waals surface area (Å²) in [5, 5.41) is 0. The molecule has 0 aromatic heterocycles. The molecule has 4 amide bonds. The molecule has 1 aromatic rings. The Morgan fingerprint density at radius 3 is 2.64 bits per heavy atom. The number of urea groups is 1. The molecule has 0 bridgehead atoms. The first-order chi connectivity index (χ1) is 10.5. The Balaban J connectivity index is 1.89. The van der Waals surface area contributed by atoms with Gasteiger partial charge in [0, 0.05) is 17.6 Å². The first-order valence-corrected chi connectivity index (χ1v) is 7.67. The van der Waals surface area contributed by atoms with E-state index in [-0.39, 0.29) is 18.4 Å². The number of benzene rings is 1. The molecule has 1 aromatic carbocycles. The topological polar surface area (TPSA) is 105 Å². The molecule has 7 nitrogen and oxygen atoms in total. The molecule has 0 spiro atoms. The first kappa shape index (κ1) is 16.3. The maximum absolute atomic E-state index is 12.1. The van der Waals surface area contributed by atoms with Gasteiger partial charge in [-0.3, -0.25) is 20.4 Å². The molecule has 1 aliphatic heterocycles. The molecule has 1 aliphatic rings. The number of halogens is 1. The lowest BCUT2D eigenvalue weighted by Crippen LogP contribution is -2.51. The van der Waals surface area contributed by atoms with E-state index in [9.17, 15) is 14.4 Å². The molecule has 4 N–H and O–H groups in total. The van der Waals surface area contributed by atoms with Gasteiger partial charge in [-0.05, 0) is 40.9 Å². The maximum Gasteiger partial charge on any atom is 0.314 e. The van der Waals surface area contributed by atoms with E-state index in [2.05, 4.69) is 26.8 Å². The molecule has 0 unspecified atom stereocenters. The molecule has 1 atom stereocenters. The minimum atomic E-state index is -0.533. The minimum Gasteiger partial charge on any atom is -0.351 e. The van der Waals surface area contributed by atoms with Crippen molar-refractivity contribution in [1.29, 1.82) is 0 Å². The van der Waals surface area contributed by atoms with E-state index >= 15 is 0 Å². The summed E-state index contributed by atoms with van der Waals surface area (Å²) < 4.78 is 0.638. The van der Waals surface area contributed by atoms with E-state index < -0.39 is 11.9 Å². The predicted molar refractivity (Wildman–Crippen MR) is 83.6 cm³/mol. The fraction of sp³-hybridized carbons (Fsp3) is 0.357. The second kappa shape index (κ2) is 7.26. The van der Waals surface area contributed by atoms with Gasteiger partial charge < -0.3 is 10.6 Å². The molecule has 118 valence electrons. The number of carbonyl (C=O) groups is 3. The second-order valence-electron chi connectivity index (χ2n) is 5.05. The minimum absolute atomic E-state index is 0.270. The van der Waals surface area contributed by atoms with Crippen molar-refractivity contribution in [2.75, 3.05) is 13.1 Å². The molecule has 0 saturated carbocycles. The van der Waals surface area contributed by atoms with Crippen LogP contribution >= 0.6 is 15.9 Å². The van der Waals surface area contributed by atoms with Crippen LogP contribution in [0.1, 0.15) is 23.2 Å². The highest BCUT2D eigenvalue weighted by atomic mass is 79.9. The number of amides is 4. The van der Waals surface area contributed by atoms with Gasteiger partial charge in [-0.2, -0.15) is 0 Å². The van der Waals surface area contributed by atoms with Crippen LogP contribution in [0.25, 0.3) is 0 Å². The molecule has 1 saturated heterocycles. The van der Waals surface area contributed by atoms with Crippen LogP contribution in [-0.2, 0) is 4.79 Å². The van der Waals surface area contributed by atoms with E-state index in [1.165, 1.54) is 4.90 Å². The Morgan fingerprint density at radius 2 is 1.95 bits per heavy atom. The molecule has 1 fully saturated rings. The van der Waals surface area contributed by atoms with Crippen molar-refractivity contribution in [2.24, 2.45) is 11.7 Å². The zero-order valence-corrected chi connectivity index (χ0v) is 13.4. The molecule has 22 heavy (non-hydrogen) atoms. The van der Waals surface area contributed by atoms with E-state index in [1.807, 2.05) is 0 Å². The monoisotopic (exact) mass is 368 g/mol. The zero-order valence-electron chi connectivity index (χ0n) is 11.8. The van der Waals surface area contributed by atoms with Crippen molar-refractivity contribution in [3.8, 4) is 0 Å². The van der Waals surface area contributed by atoms with Crippen LogP contribution in [0.3, 0.4) is 0 Å². The van der Waals surface area contributed by atoms with E-state index in [1.54, 1.807) is 24.3 Å². The Kier molecular flexibility index (Phi) is 5.37. The van der Waals surface area contributed by atoms with E-state index in [4.69, 9.17) is 5.73 Å². The van der Waals surface area contributed by atoms with Crippen LogP contribution in [0.15, 0.2) is 28.7 Å². The van der Waals surface area contributed by atoms with Gasteiger partial charge in [0.05, 0.1) is 11.5 Å². The summed E-state index contributed by atoms with van der Waals surface area (Å²) in [7, 11) is 0. The number of likely N-dealkylation sites (tertiary alicyclic amines) is 1. The van der Waals surface area contributed by atoms with Gasteiger partial charge in [-0.15, -0.1) is 0 Å². The standard InChI is InChI=1S/C14H17BrN4O3/c15-11-6-2-1-5-10(11)13(21)18-17-12(20)9-4-3-7-19(8-9)14(16)22/h1-2,5-6,9H,3-4,7-8H2,(H2,16,22)(H,17,20)(H,18,21)/t9-/m0/s1. The quantitative estimate of drug-likeness (QED) is 0.678. The van der Waals surface area contributed by atoms with E-state index in [0.717, 1.165) is 0 Å². The number of piperidine rings is 1. The third-order valence-corrected chi connectivity index (χ3v) is 4.21. The Bertz CT molecular complexity index is 593. The highest BCUT2D eigenvalue weighted by molar-refractivity contribution is 9.10. The van der Waals surface area contributed by atoms with E-state index in [0.29, 0.717) is 29.4 Å². The number of hydrogen-bond donors (Lipinski definition) is 3. The maximum atomic E-state index is 12.1. The van der Waals surface area contributed by atoms with Crippen molar-refractivity contribution in [3.63, 3.8) is 0 Å². The molecule has 1 heterocycles. The lowest BCUT2D eigenvalue weighted by molar-refractivity contribution is -0.127. The number of nitrogens with one attached hydrogen (secondary N) is 2. The van der Waals surface area contributed by atoms with Crippen molar-refractivity contribution < 1.29 is 14.4 Å². The summed E-state index contributed by atoms with van der Waals surface area (Å²) >= 11 is 3.27. The number of rotatable bonds is 2. The summed E-state index contributed by atoms with van der Waals surface area (Å²) in [5.41, 5.74) is 10.4. The fourth-order valence-corrected chi connectivity index (χ4v) is 2.79. The normalized spacial score (nSPS) is 17.7. The highest BCUT2D eigenvalue weighted by Gasteiger charge is 2.27. The van der Waals surface area contributed by atoms with Gasteiger partial charge >= 0.3 is 6.03 Å². The SMILES string of the molecule is NC(=O)N1CCC[C@H](C(=O)NNC(=O)c2ccccc2Br)C1. The van der Waals surface area contributed by atoms with Crippen LogP contribution in [0.4, 0.5) is 4.79 Å². The van der Waals surface area contributed by atoms with Gasteiger partial charge in [-0.1, -0.05) is 12.1 Å². The molecular formula is C14H17BrN4O3. The lowest BCUT2D eigenvalue weighted by atomic mass is 9.98. The number of carbonyl (C=O) groups excluding carboxylic acids is 3. The fourth-order valence-electron chi connectivity index (χ4n) is 2.32. The van der Waals surface area contributed by atoms with Gasteiger partial charge in [-0.25, -0.2) is 4.79 Å². The average Bonchev–Trinajstić information content (AvgIpc) is 2.52. The van der Waals surface area contributed by atoms with Gasteiger partial charge in [0.15, 0.2) is 0 Å². The van der Waals surface area contributed by atoms with Crippen molar-refractivity contribution in [3.05, 3.63) is 34.3 Å². The summed E-state index contributed by atoms with van der Waals surface area (Å²) in [5.74, 6) is -1.12. The highest BCUT2D eigenvalue weighted by Crippen LogP contribution is 2.17. The lowest BCUT2D eigenvalue weighted by Gasteiger charge is -2.30. The second-order valence-corrected chi connectivity index (χ2v) is 5.90. The van der Waals surface area contributed by atoms with Crippen molar-refractivity contribution in [1.82, 2.24) is 15.8 Å². The Labute approximate surface area is 136 Å².